The van der Waals surface area contributed by atoms with Crippen molar-refractivity contribution >= 4 is 24.0 Å². The fourth-order valence-corrected chi connectivity index (χ4v) is 2.00. The first-order valence-electron chi connectivity index (χ1n) is 5.35. The van der Waals surface area contributed by atoms with E-state index in [4.69, 9.17) is 11.6 Å². The number of aryl methyl sites for hydroxylation is 2. The van der Waals surface area contributed by atoms with Crippen LogP contribution in [0.5, 0.6) is 0 Å². The van der Waals surface area contributed by atoms with Crippen LogP contribution in [0, 0.1) is 13.8 Å². The summed E-state index contributed by atoms with van der Waals surface area (Å²) in [6, 6.07) is 8.27. The minimum Gasteiger partial charge on any atom is -0.342 e. The van der Waals surface area contributed by atoms with Crippen molar-refractivity contribution in [3.8, 4) is 11.4 Å². The highest BCUT2D eigenvalue weighted by Gasteiger charge is 2.12. The topological polar surface area (TPSA) is 28.7 Å². The number of benzene rings is 1. The van der Waals surface area contributed by atoms with Crippen LogP contribution in [-0.2, 0) is 0 Å². The molecule has 0 spiro atoms. The van der Waals surface area contributed by atoms with Gasteiger partial charge >= 0.3 is 0 Å². The third kappa shape index (κ3) is 3.02. The first-order valence-corrected chi connectivity index (χ1v) is 5.79. The van der Waals surface area contributed by atoms with Crippen molar-refractivity contribution in [2.45, 2.75) is 26.1 Å². The predicted molar refractivity (Wildman–Crippen MR) is 75.0 cm³/mol. The number of aromatic amines is 1. The standard InChI is InChI=1S/C13H15ClN2.ClH/c1-8-5-4-6-11(7-8)13-15-10(3)12(16-13)9(2)14;/h4-7,9H,1-3H3,(H,15,16);1H. The molecule has 0 bridgehead atoms. The van der Waals surface area contributed by atoms with Crippen LogP contribution in [0.3, 0.4) is 0 Å². The summed E-state index contributed by atoms with van der Waals surface area (Å²) >= 11 is 6.06. The van der Waals surface area contributed by atoms with Gasteiger partial charge in [0, 0.05) is 11.3 Å². The van der Waals surface area contributed by atoms with Gasteiger partial charge in [0.15, 0.2) is 0 Å². The number of nitrogens with zero attached hydrogens (tertiary/aromatic N) is 1. The molecule has 0 fully saturated rings. The maximum Gasteiger partial charge on any atom is 0.137 e. The number of hydrogen-bond donors (Lipinski definition) is 1. The van der Waals surface area contributed by atoms with Crippen LogP contribution < -0.4 is 0 Å². The van der Waals surface area contributed by atoms with E-state index in [0.29, 0.717) is 0 Å². The normalized spacial score (nSPS) is 12.0. The molecule has 1 unspecified atom stereocenters. The first-order chi connectivity index (χ1) is 7.58. The molecule has 0 radical (unpaired) electrons. The van der Waals surface area contributed by atoms with E-state index in [1.165, 1.54) is 5.56 Å². The number of nitrogens with one attached hydrogen (secondary N) is 1. The molecule has 0 aliphatic heterocycles. The van der Waals surface area contributed by atoms with Crippen LogP contribution in [0.15, 0.2) is 24.3 Å². The second-order valence-electron chi connectivity index (χ2n) is 4.08. The maximum absolute atomic E-state index is 6.06. The summed E-state index contributed by atoms with van der Waals surface area (Å²) in [5.41, 5.74) is 4.30. The molecule has 1 atom stereocenters. The second kappa shape index (κ2) is 5.56. The van der Waals surface area contributed by atoms with Gasteiger partial charge < -0.3 is 4.98 Å². The summed E-state index contributed by atoms with van der Waals surface area (Å²) in [6.07, 6.45) is 0. The minimum absolute atomic E-state index is 0. The number of rotatable bonds is 2. The van der Waals surface area contributed by atoms with E-state index < -0.39 is 0 Å². The Morgan fingerprint density at radius 3 is 2.53 bits per heavy atom. The number of halogens is 2. The van der Waals surface area contributed by atoms with Gasteiger partial charge in [-0.1, -0.05) is 23.8 Å². The van der Waals surface area contributed by atoms with Crippen molar-refractivity contribution in [1.29, 1.82) is 0 Å². The summed E-state index contributed by atoms with van der Waals surface area (Å²) in [6.45, 7) is 6.01. The van der Waals surface area contributed by atoms with Crippen molar-refractivity contribution in [1.82, 2.24) is 9.97 Å². The third-order valence-corrected chi connectivity index (χ3v) is 2.80. The fraction of sp³-hybridized carbons (Fsp3) is 0.308. The minimum atomic E-state index is -0.0604. The molecule has 2 nitrogen and oxygen atoms in total. The summed E-state index contributed by atoms with van der Waals surface area (Å²) in [5, 5.41) is -0.0604. The van der Waals surface area contributed by atoms with Gasteiger partial charge in [0.1, 0.15) is 5.82 Å². The number of alkyl halides is 1. The Morgan fingerprint density at radius 2 is 2.00 bits per heavy atom. The van der Waals surface area contributed by atoms with Gasteiger partial charge in [-0.3, -0.25) is 0 Å². The molecule has 1 heterocycles. The zero-order chi connectivity index (χ0) is 11.7. The largest absolute Gasteiger partial charge is 0.342 e. The van der Waals surface area contributed by atoms with Crippen LogP contribution in [-0.4, -0.2) is 9.97 Å². The second-order valence-corrected chi connectivity index (χ2v) is 4.74. The molecule has 2 rings (SSSR count). The Balaban J connectivity index is 0.00000144. The van der Waals surface area contributed by atoms with Gasteiger partial charge in [0.05, 0.1) is 11.1 Å². The average molecular weight is 271 g/mol. The molecule has 92 valence electrons. The smallest absolute Gasteiger partial charge is 0.137 e. The van der Waals surface area contributed by atoms with Gasteiger partial charge in [0.25, 0.3) is 0 Å². The summed E-state index contributed by atoms with van der Waals surface area (Å²) < 4.78 is 0. The molecule has 4 heteroatoms. The van der Waals surface area contributed by atoms with Crippen LogP contribution in [0.4, 0.5) is 0 Å². The highest BCUT2D eigenvalue weighted by atomic mass is 35.5. The Labute approximate surface area is 113 Å². The Hall–Kier alpha value is -0.990. The van der Waals surface area contributed by atoms with E-state index in [-0.39, 0.29) is 17.8 Å². The van der Waals surface area contributed by atoms with Crippen LogP contribution >= 0.6 is 24.0 Å². The molecule has 1 aromatic carbocycles. The van der Waals surface area contributed by atoms with E-state index >= 15 is 0 Å². The number of aromatic nitrogens is 2. The molecular weight excluding hydrogens is 255 g/mol. The van der Waals surface area contributed by atoms with Crippen LogP contribution in [0.25, 0.3) is 11.4 Å². The molecule has 1 N–H and O–H groups in total. The average Bonchev–Trinajstić information content (AvgIpc) is 2.60. The predicted octanol–water partition coefficient (Wildman–Crippen LogP) is 4.42. The van der Waals surface area contributed by atoms with Crippen molar-refractivity contribution in [2.75, 3.05) is 0 Å². The third-order valence-electron chi connectivity index (χ3n) is 2.59. The molecular formula is C13H16Cl2N2. The maximum atomic E-state index is 6.06. The van der Waals surface area contributed by atoms with Crippen LogP contribution in [0.2, 0.25) is 0 Å². The zero-order valence-electron chi connectivity index (χ0n) is 10.1. The molecule has 0 saturated heterocycles. The Bertz CT molecular complexity index is 504. The van der Waals surface area contributed by atoms with Crippen molar-refractivity contribution in [2.24, 2.45) is 0 Å². The zero-order valence-corrected chi connectivity index (χ0v) is 11.7. The molecule has 0 aliphatic carbocycles. The monoisotopic (exact) mass is 270 g/mol. The summed E-state index contributed by atoms with van der Waals surface area (Å²) in [5.74, 6) is 0.892. The lowest BCUT2D eigenvalue weighted by Gasteiger charge is -1.98. The van der Waals surface area contributed by atoms with Crippen LogP contribution in [0.1, 0.15) is 29.3 Å². The molecule has 1 aromatic heterocycles. The summed E-state index contributed by atoms with van der Waals surface area (Å²) in [4.78, 5) is 7.81. The van der Waals surface area contributed by atoms with Crippen molar-refractivity contribution in [3.63, 3.8) is 0 Å². The van der Waals surface area contributed by atoms with Gasteiger partial charge in [0.2, 0.25) is 0 Å². The molecule has 17 heavy (non-hydrogen) atoms. The molecule has 0 aliphatic rings. The SMILES string of the molecule is Cc1cccc(-c2nc(C(C)Cl)c(C)[nH]2)c1.Cl. The van der Waals surface area contributed by atoms with Crippen molar-refractivity contribution < 1.29 is 0 Å². The molecule has 0 saturated carbocycles. The van der Waals surface area contributed by atoms with E-state index in [1.807, 2.05) is 26.0 Å². The van der Waals surface area contributed by atoms with E-state index in [2.05, 4.69) is 29.0 Å². The number of H-pyrrole nitrogens is 1. The fourth-order valence-electron chi connectivity index (χ4n) is 1.79. The lowest BCUT2D eigenvalue weighted by Crippen LogP contribution is -1.87. The van der Waals surface area contributed by atoms with Gasteiger partial charge in [-0.2, -0.15) is 0 Å². The quantitative estimate of drug-likeness (QED) is 0.805. The van der Waals surface area contributed by atoms with Gasteiger partial charge in [-0.25, -0.2) is 4.98 Å². The van der Waals surface area contributed by atoms with Crippen molar-refractivity contribution in [3.05, 3.63) is 41.2 Å². The van der Waals surface area contributed by atoms with E-state index in [9.17, 15) is 0 Å². The molecule has 0 amide bonds. The highest BCUT2D eigenvalue weighted by molar-refractivity contribution is 6.20. The lowest BCUT2D eigenvalue weighted by molar-refractivity contribution is 0.998. The Morgan fingerprint density at radius 1 is 1.29 bits per heavy atom. The number of hydrogen-bond acceptors (Lipinski definition) is 1. The molecule has 2 aromatic rings. The lowest BCUT2D eigenvalue weighted by atomic mass is 10.1. The van der Waals surface area contributed by atoms with E-state index in [0.717, 1.165) is 22.8 Å². The van der Waals surface area contributed by atoms with Gasteiger partial charge in [-0.05, 0) is 26.8 Å². The number of imidazole rings is 1. The Kier molecular flexibility index (Phi) is 4.61. The van der Waals surface area contributed by atoms with Gasteiger partial charge in [-0.15, -0.1) is 24.0 Å². The highest BCUT2D eigenvalue weighted by Crippen LogP contribution is 2.25. The summed E-state index contributed by atoms with van der Waals surface area (Å²) in [7, 11) is 0. The first kappa shape index (κ1) is 14.1. The van der Waals surface area contributed by atoms with E-state index in [1.54, 1.807) is 0 Å².